The number of hydrogen-bond donors (Lipinski definition) is 2. The van der Waals surface area contributed by atoms with E-state index in [9.17, 15) is 0 Å². The zero-order valence-corrected chi connectivity index (χ0v) is 12.6. The number of hydrogen-bond acceptors (Lipinski definition) is 6. The van der Waals surface area contributed by atoms with Gasteiger partial charge in [0.1, 0.15) is 0 Å². The van der Waals surface area contributed by atoms with Crippen molar-refractivity contribution in [3.8, 4) is 0 Å². The van der Waals surface area contributed by atoms with E-state index in [1.807, 2.05) is 32.6 Å². The highest BCUT2D eigenvalue weighted by Gasteiger charge is 2.19. The molecule has 0 unspecified atom stereocenters. The molecule has 0 amide bonds. The first-order chi connectivity index (χ1) is 9.56. The van der Waals surface area contributed by atoms with Crippen molar-refractivity contribution < 1.29 is 9.94 Å². The Morgan fingerprint density at radius 1 is 1.35 bits per heavy atom. The molecule has 0 aromatic carbocycles. The lowest BCUT2D eigenvalue weighted by atomic mass is 10.1. The van der Waals surface area contributed by atoms with Crippen LogP contribution in [0, 0.1) is 13.8 Å². The molecular weight excluding hydrogens is 258 g/mol. The van der Waals surface area contributed by atoms with Crippen LogP contribution in [0.15, 0.2) is 5.16 Å². The van der Waals surface area contributed by atoms with Gasteiger partial charge >= 0.3 is 0 Å². The van der Waals surface area contributed by atoms with Crippen molar-refractivity contribution in [3.63, 3.8) is 0 Å². The second-order valence-corrected chi connectivity index (χ2v) is 4.37. The van der Waals surface area contributed by atoms with Gasteiger partial charge in [-0.15, -0.1) is 5.10 Å². The summed E-state index contributed by atoms with van der Waals surface area (Å²) in [5.41, 5.74) is 8.03. The summed E-state index contributed by atoms with van der Waals surface area (Å²) in [5, 5.41) is 20.4. The van der Waals surface area contributed by atoms with E-state index in [1.165, 1.54) is 0 Å². The standard InChI is InChI=1S/C13H23N5O2/c1-5-18(7-8-20-6-2)13-11(12(14)17-19)9(3)10(4)15-16-13/h19H,5-8H2,1-4H3,(H2,14,17). The van der Waals surface area contributed by atoms with Crippen LogP contribution in [-0.2, 0) is 4.74 Å². The van der Waals surface area contributed by atoms with Gasteiger partial charge in [0.15, 0.2) is 11.7 Å². The highest BCUT2D eigenvalue weighted by atomic mass is 16.5. The number of likely N-dealkylation sites (N-methyl/N-ethyl adjacent to an activating group) is 1. The Balaban J connectivity index is 3.17. The zero-order valence-electron chi connectivity index (χ0n) is 12.6. The molecule has 0 bridgehead atoms. The van der Waals surface area contributed by atoms with Gasteiger partial charge in [-0.3, -0.25) is 0 Å². The zero-order chi connectivity index (χ0) is 15.1. The fourth-order valence-electron chi connectivity index (χ4n) is 1.91. The van der Waals surface area contributed by atoms with E-state index < -0.39 is 0 Å². The van der Waals surface area contributed by atoms with Crippen LogP contribution in [0.4, 0.5) is 5.82 Å². The molecule has 0 aliphatic carbocycles. The lowest BCUT2D eigenvalue weighted by molar-refractivity contribution is 0.154. The van der Waals surface area contributed by atoms with Crippen LogP contribution in [0.1, 0.15) is 30.7 Å². The molecule has 0 aliphatic rings. The fourth-order valence-corrected chi connectivity index (χ4v) is 1.91. The van der Waals surface area contributed by atoms with Crippen molar-refractivity contribution in [2.24, 2.45) is 10.9 Å². The number of nitrogens with zero attached hydrogens (tertiary/aromatic N) is 4. The van der Waals surface area contributed by atoms with E-state index in [0.717, 1.165) is 17.8 Å². The van der Waals surface area contributed by atoms with Gasteiger partial charge < -0.3 is 20.6 Å². The molecule has 0 atom stereocenters. The number of anilines is 1. The molecule has 112 valence electrons. The third-order valence-electron chi connectivity index (χ3n) is 3.19. The second-order valence-electron chi connectivity index (χ2n) is 4.37. The maximum absolute atomic E-state index is 8.97. The van der Waals surface area contributed by atoms with Gasteiger partial charge in [-0.05, 0) is 33.3 Å². The Kier molecular flexibility index (Phi) is 6.17. The van der Waals surface area contributed by atoms with Crippen molar-refractivity contribution in [1.29, 1.82) is 0 Å². The number of aromatic nitrogens is 2. The summed E-state index contributed by atoms with van der Waals surface area (Å²) in [4.78, 5) is 2.00. The van der Waals surface area contributed by atoms with Gasteiger partial charge in [0, 0.05) is 19.7 Å². The van der Waals surface area contributed by atoms with Gasteiger partial charge in [-0.25, -0.2) is 0 Å². The van der Waals surface area contributed by atoms with E-state index in [2.05, 4.69) is 15.4 Å². The first-order valence-electron chi connectivity index (χ1n) is 6.71. The van der Waals surface area contributed by atoms with Crippen molar-refractivity contribution in [1.82, 2.24) is 10.2 Å². The molecule has 3 N–H and O–H groups in total. The summed E-state index contributed by atoms with van der Waals surface area (Å²) in [6, 6.07) is 0. The van der Waals surface area contributed by atoms with E-state index in [-0.39, 0.29) is 5.84 Å². The minimum atomic E-state index is 0.0466. The van der Waals surface area contributed by atoms with Crippen LogP contribution in [0.5, 0.6) is 0 Å². The summed E-state index contributed by atoms with van der Waals surface area (Å²) in [5.74, 6) is 0.663. The minimum Gasteiger partial charge on any atom is -0.409 e. The summed E-state index contributed by atoms with van der Waals surface area (Å²) >= 11 is 0. The maximum Gasteiger partial charge on any atom is 0.174 e. The smallest absolute Gasteiger partial charge is 0.174 e. The number of nitrogens with two attached hydrogens (primary N) is 1. The van der Waals surface area contributed by atoms with Crippen LogP contribution in [0.2, 0.25) is 0 Å². The quantitative estimate of drug-likeness (QED) is 0.255. The molecule has 0 saturated carbocycles. The second kappa shape index (κ2) is 7.64. The third kappa shape index (κ3) is 3.57. The number of aryl methyl sites for hydroxylation is 1. The van der Waals surface area contributed by atoms with Crippen LogP contribution in [-0.4, -0.2) is 47.5 Å². The van der Waals surface area contributed by atoms with E-state index >= 15 is 0 Å². The molecule has 0 saturated heterocycles. The Hall–Kier alpha value is -1.89. The van der Waals surface area contributed by atoms with Gasteiger partial charge in [0.05, 0.1) is 17.9 Å². The van der Waals surface area contributed by atoms with Gasteiger partial charge in [0.25, 0.3) is 0 Å². The summed E-state index contributed by atoms with van der Waals surface area (Å²) in [6.45, 7) is 10.4. The minimum absolute atomic E-state index is 0.0466. The van der Waals surface area contributed by atoms with Crippen LogP contribution in [0.3, 0.4) is 0 Å². The highest BCUT2D eigenvalue weighted by molar-refractivity contribution is 6.02. The van der Waals surface area contributed by atoms with Crippen LogP contribution >= 0.6 is 0 Å². The van der Waals surface area contributed by atoms with Crippen molar-refractivity contribution in [3.05, 3.63) is 16.8 Å². The van der Waals surface area contributed by atoms with Crippen LogP contribution < -0.4 is 10.6 Å². The SMILES string of the molecule is CCOCCN(CC)c1nnc(C)c(C)c1C(N)=NO. The molecule has 1 aromatic rings. The topological polar surface area (TPSA) is 96.9 Å². The lowest BCUT2D eigenvalue weighted by Crippen LogP contribution is -2.32. The maximum atomic E-state index is 8.97. The summed E-state index contributed by atoms with van der Waals surface area (Å²) in [6.07, 6.45) is 0. The molecule has 0 fully saturated rings. The summed E-state index contributed by atoms with van der Waals surface area (Å²) < 4.78 is 5.37. The Morgan fingerprint density at radius 2 is 2.05 bits per heavy atom. The lowest BCUT2D eigenvalue weighted by Gasteiger charge is -2.24. The average molecular weight is 281 g/mol. The van der Waals surface area contributed by atoms with Crippen molar-refractivity contribution >= 4 is 11.7 Å². The first-order valence-corrected chi connectivity index (χ1v) is 6.71. The van der Waals surface area contributed by atoms with Gasteiger partial charge in [0.2, 0.25) is 0 Å². The number of amidine groups is 1. The van der Waals surface area contributed by atoms with Crippen molar-refractivity contribution in [2.45, 2.75) is 27.7 Å². The van der Waals surface area contributed by atoms with Gasteiger partial charge in [-0.1, -0.05) is 5.16 Å². The fraction of sp³-hybridized carbons (Fsp3) is 0.615. The van der Waals surface area contributed by atoms with Crippen LogP contribution in [0.25, 0.3) is 0 Å². The molecule has 1 rings (SSSR count). The molecule has 7 nitrogen and oxygen atoms in total. The predicted molar refractivity (Wildman–Crippen MR) is 78.4 cm³/mol. The Bertz CT molecular complexity index is 476. The summed E-state index contributed by atoms with van der Waals surface area (Å²) in [7, 11) is 0. The molecule has 7 heteroatoms. The Labute approximate surface area is 119 Å². The molecule has 1 heterocycles. The average Bonchev–Trinajstić information content (AvgIpc) is 2.46. The molecule has 0 spiro atoms. The normalized spacial score (nSPS) is 11.7. The van der Waals surface area contributed by atoms with Crippen molar-refractivity contribution in [2.75, 3.05) is 31.2 Å². The number of rotatable bonds is 7. The third-order valence-corrected chi connectivity index (χ3v) is 3.19. The molecule has 0 aliphatic heterocycles. The molecular formula is C13H23N5O2. The largest absolute Gasteiger partial charge is 0.409 e. The van der Waals surface area contributed by atoms with E-state index in [0.29, 0.717) is 31.1 Å². The van der Waals surface area contributed by atoms with Gasteiger partial charge in [-0.2, -0.15) is 5.10 Å². The van der Waals surface area contributed by atoms with E-state index in [4.69, 9.17) is 15.7 Å². The molecule has 0 radical (unpaired) electrons. The van der Waals surface area contributed by atoms with E-state index in [1.54, 1.807) is 0 Å². The predicted octanol–water partition coefficient (Wildman–Crippen LogP) is 1.05. The first kappa shape index (κ1) is 16.2. The molecule has 1 aromatic heterocycles. The number of ether oxygens (including phenoxy) is 1. The monoisotopic (exact) mass is 281 g/mol. The highest BCUT2D eigenvalue weighted by Crippen LogP contribution is 2.21. The number of oxime groups is 1. The molecule has 20 heavy (non-hydrogen) atoms. The Morgan fingerprint density at radius 3 is 2.60 bits per heavy atom.